The van der Waals surface area contributed by atoms with Crippen molar-refractivity contribution in [1.82, 2.24) is 4.90 Å². The standard InChI is InChI=1S/C11H16N2O3/c1-8(12)9-2-3-10(16-9)11(14)13-4-6-15-7-5-13/h2-3,8H,4-7,12H2,1H3. The van der Waals surface area contributed by atoms with Crippen molar-refractivity contribution in [2.45, 2.75) is 13.0 Å². The predicted molar refractivity (Wildman–Crippen MR) is 58.0 cm³/mol. The van der Waals surface area contributed by atoms with Crippen molar-refractivity contribution < 1.29 is 13.9 Å². The van der Waals surface area contributed by atoms with Crippen molar-refractivity contribution in [2.75, 3.05) is 26.3 Å². The molecule has 1 saturated heterocycles. The fourth-order valence-electron chi connectivity index (χ4n) is 1.63. The van der Waals surface area contributed by atoms with Gasteiger partial charge in [-0.15, -0.1) is 0 Å². The first-order valence-electron chi connectivity index (χ1n) is 5.41. The predicted octanol–water partition coefficient (Wildman–Crippen LogP) is 0.772. The average molecular weight is 224 g/mol. The molecule has 0 radical (unpaired) electrons. The Hall–Kier alpha value is -1.33. The fraction of sp³-hybridized carbons (Fsp3) is 0.545. The second-order valence-electron chi connectivity index (χ2n) is 3.90. The van der Waals surface area contributed by atoms with Crippen LogP contribution in [0.15, 0.2) is 16.5 Å². The van der Waals surface area contributed by atoms with Crippen molar-refractivity contribution in [1.29, 1.82) is 0 Å². The van der Waals surface area contributed by atoms with Gasteiger partial charge in [0.25, 0.3) is 5.91 Å². The van der Waals surface area contributed by atoms with Gasteiger partial charge in [0, 0.05) is 13.1 Å². The maximum atomic E-state index is 12.0. The van der Waals surface area contributed by atoms with E-state index in [1.807, 2.05) is 6.92 Å². The average Bonchev–Trinajstić information content (AvgIpc) is 2.78. The molecular formula is C11H16N2O3. The number of nitrogens with zero attached hydrogens (tertiary/aromatic N) is 1. The highest BCUT2D eigenvalue weighted by molar-refractivity contribution is 5.91. The molecule has 0 saturated carbocycles. The molecule has 1 amide bonds. The first kappa shape index (κ1) is 11.2. The third kappa shape index (κ3) is 2.25. The summed E-state index contributed by atoms with van der Waals surface area (Å²) in [4.78, 5) is 13.7. The summed E-state index contributed by atoms with van der Waals surface area (Å²) in [6.45, 7) is 4.24. The number of ether oxygens (including phenoxy) is 1. The van der Waals surface area contributed by atoms with E-state index in [0.717, 1.165) is 0 Å². The van der Waals surface area contributed by atoms with Crippen molar-refractivity contribution in [3.05, 3.63) is 23.7 Å². The van der Waals surface area contributed by atoms with Crippen LogP contribution in [0.25, 0.3) is 0 Å². The van der Waals surface area contributed by atoms with Crippen LogP contribution >= 0.6 is 0 Å². The highest BCUT2D eigenvalue weighted by Gasteiger charge is 2.21. The molecule has 16 heavy (non-hydrogen) atoms. The molecule has 5 heteroatoms. The van der Waals surface area contributed by atoms with Crippen LogP contribution in [-0.2, 0) is 4.74 Å². The Morgan fingerprint density at radius 3 is 2.69 bits per heavy atom. The van der Waals surface area contributed by atoms with Crippen LogP contribution in [0.3, 0.4) is 0 Å². The molecule has 1 fully saturated rings. The van der Waals surface area contributed by atoms with Crippen molar-refractivity contribution >= 4 is 5.91 Å². The van der Waals surface area contributed by atoms with Crippen LogP contribution in [0.1, 0.15) is 29.3 Å². The molecule has 0 bridgehead atoms. The van der Waals surface area contributed by atoms with Gasteiger partial charge in [0.1, 0.15) is 5.76 Å². The number of nitrogens with two attached hydrogens (primary N) is 1. The first-order valence-corrected chi connectivity index (χ1v) is 5.41. The molecule has 0 spiro atoms. The number of hydrogen-bond donors (Lipinski definition) is 1. The highest BCUT2D eigenvalue weighted by Crippen LogP contribution is 2.16. The van der Waals surface area contributed by atoms with Gasteiger partial charge in [-0.05, 0) is 19.1 Å². The van der Waals surface area contributed by atoms with E-state index < -0.39 is 0 Å². The Bertz CT molecular complexity index is 367. The van der Waals surface area contributed by atoms with Gasteiger partial charge in [-0.2, -0.15) is 0 Å². The number of morpholine rings is 1. The Labute approximate surface area is 94.1 Å². The lowest BCUT2D eigenvalue weighted by Gasteiger charge is -2.25. The van der Waals surface area contributed by atoms with Gasteiger partial charge in [-0.3, -0.25) is 4.79 Å². The number of rotatable bonds is 2. The third-order valence-corrected chi connectivity index (χ3v) is 2.58. The number of furan rings is 1. The Morgan fingerprint density at radius 1 is 1.44 bits per heavy atom. The van der Waals surface area contributed by atoms with E-state index in [1.165, 1.54) is 0 Å². The Morgan fingerprint density at radius 2 is 2.12 bits per heavy atom. The summed E-state index contributed by atoms with van der Waals surface area (Å²) in [5.41, 5.74) is 5.67. The summed E-state index contributed by atoms with van der Waals surface area (Å²) in [6.07, 6.45) is 0. The van der Waals surface area contributed by atoms with Crippen LogP contribution in [0.4, 0.5) is 0 Å². The molecule has 1 aromatic heterocycles. The fourth-order valence-corrected chi connectivity index (χ4v) is 1.63. The first-order chi connectivity index (χ1) is 7.68. The lowest BCUT2D eigenvalue weighted by atomic mass is 10.3. The van der Waals surface area contributed by atoms with Crippen molar-refractivity contribution in [2.24, 2.45) is 5.73 Å². The molecule has 5 nitrogen and oxygen atoms in total. The summed E-state index contributed by atoms with van der Waals surface area (Å²) in [6, 6.07) is 3.24. The maximum absolute atomic E-state index is 12.0. The monoisotopic (exact) mass is 224 g/mol. The lowest BCUT2D eigenvalue weighted by Crippen LogP contribution is -2.40. The summed E-state index contributed by atoms with van der Waals surface area (Å²) >= 11 is 0. The van der Waals surface area contributed by atoms with Crippen molar-refractivity contribution in [3.63, 3.8) is 0 Å². The van der Waals surface area contributed by atoms with Gasteiger partial charge in [-0.1, -0.05) is 0 Å². The second-order valence-corrected chi connectivity index (χ2v) is 3.90. The minimum Gasteiger partial charge on any atom is -0.454 e. The molecule has 2 rings (SSSR count). The molecule has 2 N–H and O–H groups in total. The van der Waals surface area contributed by atoms with Gasteiger partial charge < -0.3 is 19.8 Å². The number of amides is 1. The van der Waals surface area contributed by atoms with Crippen LogP contribution in [0.5, 0.6) is 0 Å². The third-order valence-electron chi connectivity index (χ3n) is 2.58. The number of carbonyl (C=O) groups excluding carboxylic acids is 1. The molecule has 1 aliphatic heterocycles. The Balaban J connectivity index is 2.07. The van der Waals surface area contributed by atoms with E-state index in [9.17, 15) is 4.79 Å². The van der Waals surface area contributed by atoms with Crippen molar-refractivity contribution in [3.8, 4) is 0 Å². The summed E-state index contributed by atoms with van der Waals surface area (Å²) in [7, 11) is 0. The highest BCUT2D eigenvalue weighted by atomic mass is 16.5. The summed E-state index contributed by atoms with van der Waals surface area (Å²) < 4.78 is 10.6. The van der Waals surface area contributed by atoms with Gasteiger partial charge >= 0.3 is 0 Å². The maximum Gasteiger partial charge on any atom is 0.289 e. The molecular weight excluding hydrogens is 208 g/mol. The number of carbonyl (C=O) groups is 1. The molecule has 2 heterocycles. The normalized spacial score (nSPS) is 18.5. The van der Waals surface area contributed by atoms with Gasteiger partial charge in [-0.25, -0.2) is 0 Å². The zero-order valence-corrected chi connectivity index (χ0v) is 9.31. The van der Waals surface area contributed by atoms with Gasteiger partial charge in [0.15, 0.2) is 5.76 Å². The molecule has 88 valence electrons. The molecule has 1 unspecified atom stereocenters. The molecule has 1 aliphatic rings. The van der Waals surface area contributed by atoms with Crippen LogP contribution in [0, 0.1) is 0 Å². The minimum absolute atomic E-state index is 0.0878. The zero-order chi connectivity index (χ0) is 11.5. The zero-order valence-electron chi connectivity index (χ0n) is 9.31. The molecule has 1 atom stereocenters. The SMILES string of the molecule is CC(N)c1ccc(C(=O)N2CCOCC2)o1. The molecule has 1 aromatic rings. The van der Waals surface area contributed by atoms with E-state index in [2.05, 4.69) is 0 Å². The summed E-state index contributed by atoms with van der Waals surface area (Å²) in [5, 5.41) is 0. The molecule has 0 aromatic carbocycles. The quantitative estimate of drug-likeness (QED) is 0.805. The minimum atomic E-state index is -0.189. The molecule has 0 aliphatic carbocycles. The smallest absolute Gasteiger partial charge is 0.289 e. The van der Waals surface area contributed by atoms with Gasteiger partial charge in [0.05, 0.1) is 19.3 Å². The second kappa shape index (κ2) is 4.67. The summed E-state index contributed by atoms with van der Waals surface area (Å²) in [5.74, 6) is 0.904. The topological polar surface area (TPSA) is 68.7 Å². The van der Waals surface area contributed by atoms with Gasteiger partial charge in [0.2, 0.25) is 0 Å². The van der Waals surface area contributed by atoms with E-state index in [0.29, 0.717) is 37.8 Å². The van der Waals surface area contributed by atoms with E-state index in [1.54, 1.807) is 17.0 Å². The van der Waals surface area contributed by atoms with E-state index in [4.69, 9.17) is 14.9 Å². The number of hydrogen-bond acceptors (Lipinski definition) is 4. The van der Waals surface area contributed by atoms with E-state index in [-0.39, 0.29) is 11.9 Å². The van der Waals surface area contributed by atoms with Crippen LogP contribution in [-0.4, -0.2) is 37.1 Å². The van der Waals surface area contributed by atoms with Crippen LogP contribution < -0.4 is 5.73 Å². The van der Waals surface area contributed by atoms with Crippen LogP contribution in [0.2, 0.25) is 0 Å². The Kier molecular flexibility index (Phi) is 3.26. The lowest BCUT2D eigenvalue weighted by molar-refractivity contribution is 0.0281. The largest absolute Gasteiger partial charge is 0.454 e. The van der Waals surface area contributed by atoms with E-state index >= 15 is 0 Å².